The summed E-state index contributed by atoms with van der Waals surface area (Å²) in [7, 11) is 0. The number of nitrogens with zero attached hydrogens (tertiary/aromatic N) is 1. The van der Waals surface area contributed by atoms with Crippen molar-refractivity contribution in [3.05, 3.63) is 64.7 Å². The molecule has 1 aliphatic heterocycles. The standard InChI is InChI=1S/C16H11F2NO3/c17-11-2-3-12-9(7-11)5-6-19(15(12)20)14-4-1-10(16(21)22)8-13(14)18/h1-4,7-8H,5-6H2,(H,21,22). The smallest absolute Gasteiger partial charge is 0.335 e. The summed E-state index contributed by atoms with van der Waals surface area (Å²) in [6.07, 6.45) is 0.402. The fraction of sp³-hybridized carbons (Fsp3) is 0.125. The average Bonchev–Trinajstić information content (AvgIpc) is 2.48. The third kappa shape index (κ3) is 2.32. The molecule has 1 aliphatic rings. The number of hydrogen-bond acceptors (Lipinski definition) is 2. The van der Waals surface area contributed by atoms with E-state index in [4.69, 9.17) is 5.11 Å². The first-order valence-corrected chi connectivity index (χ1v) is 6.60. The van der Waals surface area contributed by atoms with E-state index < -0.39 is 23.5 Å². The number of anilines is 1. The minimum Gasteiger partial charge on any atom is -0.478 e. The van der Waals surface area contributed by atoms with Gasteiger partial charge in [0.2, 0.25) is 0 Å². The zero-order chi connectivity index (χ0) is 15.9. The predicted octanol–water partition coefficient (Wildman–Crippen LogP) is 2.87. The average molecular weight is 303 g/mol. The van der Waals surface area contributed by atoms with Crippen LogP contribution in [0.2, 0.25) is 0 Å². The summed E-state index contributed by atoms with van der Waals surface area (Å²) in [5.41, 5.74) is 0.747. The molecule has 3 rings (SSSR count). The highest BCUT2D eigenvalue weighted by atomic mass is 19.1. The summed E-state index contributed by atoms with van der Waals surface area (Å²) in [6, 6.07) is 7.26. The first kappa shape index (κ1) is 14.2. The Kier molecular flexibility index (Phi) is 3.36. The third-order valence-electron chi connectivity index (χ3n) is 3.63. The Balaban J connectivity index is 1.99. The lowest BCUT2D eigenvalue weighted by Crippen LogP contribution is -2.38. The van der Waals surface area contributed by atoms with Crippen molar-refractivity contribution in [2.24, 2.45) is 0 Å². The molecule has 2 aromatic rings. The third-order valence-corrected chi connectivity index (χ3v) is 3.63. The van der Waals surface area contributed by atoms with E-state index in [-0.39, 0.29) is 17.8 Å². The maximum Gasteiger partial charge on any atom is 0.335 e. The summed E-state index contributed by atoms with van der Waals surface area (Å²) in [4.78, 5) is 24.5. The molecule has 1 N–H and O–H groups in total. The zero-order valence-corrected chi connectivity index (χ0v) is 11.3. The Morgan fingerprint density at radius 2 is 1.91 bits per heavy atom. The van der Waals surface area contributed by atoms with Crippen LogP contribution < -0.4 is 4.90 Å². The number of carboxylic acids is 1. The van der Waals surface area contributed by atoms with Crippen LogP contribution >= 0.6 is 0 Å². The number of fused-ring (bicyclic) bond motifs is 1. The molecular formula is C16H11F2NO3. The number of aromatic carboxylic acids is 1. The molecule has 0 radical (unpaired) electrons. The van der Waals surface area contributed by atoms with Crippen LogP contribution in [0.25, 0.3) is 0 Å². The van der Waals surface area contributed by atoms with Gasteiger partial charge in [-0.25, -0.2) is 13.6 Å². The molecule has 6 heteroatoms. The molecule has 0 unspecified atom stereocenters. The van der Waals surface area contributed by atoms with Crippen LogP contribution in [0.3, 0.4) is 0 Å². The molecule has 0 atom stereocenters. The van der Waals surface area contributed by atoms with Crippen LogP contribution in [-0.4, -0.2) is 23.5 Å². The summed E-state index contributed by atoms with van der Waals surface area (Å²) < 4.78 is 27.3. The van der Waals surface area contributed by atoms with Gasteiger partial charge in [-0.15, -0.1) is 0 Å². The summed E-state index contributed by atoms with van der Waals surface area (Å²) in [6.45, 7) is 0.207. The van der Waals surface area contributed by atoms with Crippen LogP contribution in [0.5, 0.6) is 0 Å². The highest BCUT2D eigenvalue weighted by Gasteiger charge is 2.27. The maximum absolute atomic E-state index is 14.1. The summed E-state index contributed by atoms with van der Waals surface area (Å²) in [5.74, 6) is -2.87. The van der Waals surface area contributed by atoms with Gasteiger partial charge < -0.3 is 10.0 Å². The van der Waals surface area contributed by atoms with E-state index in [1.807, 2.05) is 0 Å². The van der Waals surface area contributed by atoms with Crippen LogP contribution in [0.4, 0.5) is 14.5 Å². The molecule has 2 aromatic carbocycles. The Bertz CT molecular complexity index is 789. The molecule has 22 heavy (non-hydrogen) atoms. The summed E-state index contributed by atoms with van der Waals surface area (Å²) in [5, 5.41) is 8.84. The molecule has 1 amide bonds. The van der Waals surface area contributed by atoms with Crippen molar-refractivity contribution >= 4 is 17.6 Å². The van der Waals surface area contributed by atoms with Gasteiger partial charge >= 0.3 is 5.97 Å². The molecule has 0 bridgehead atoms. The van der Waals surface area contributed by atoms with Crippen LogP contribution in [0, 0.1) is 11.6 Å². The van der Waals surface area contributed by atoms with E-state index in [9.17, 15) is 18.4 Å². The van der Waals surface area contributed by atoms with Gasteiger partial charge in [-0.2, -0.15) is 0 Å². The van der Waals surface area contributed by atoms with Crippen molar-refractivity contribution in [1.82, 2.24) is 0 Å². The van der Waals surface area contributed by atoms with Crippen LogP contribution in [0.15, 0.2) is 36.4 Å². The topological polar surface area (TPSA) is 57.6 Å². The number of amides is 1. The van der Waals surface area contributed by atoms with Gasteiger partial charge in [-0.3, -0.25) is 4.79 Å². The molecule has 0 saturated heterocycles. The van der Waals surface area contributed by atoms with E-state index in [2.05, 4.69) is 0 Å². The summed E-state index contributed by atoms with van der Waals surface area (Å²) >= 11 is 0. The van der Waals surface area contributed by atoms with Crippen molar-refractivity contribution in [1.29, 1.82) is 0 Å². The number of carbonyl (C=O) groups is 2. The van der Waals surface area contributed by atoms with Gasteiger partial charge in [0.05, 0.1) is 11.3 Å². The first-order chi connectivity index (χ1) is 10.5. The van der Waals surface area contributed by atoms with Crippen molar-refractivity contribution in [3.63, 3.8) is 0 Å². The van der Waals surface area contributed by atoms with Crippen molar-refractivity contribution in [2.45, 2.75) is 6.42 Å². The molecular weight excluding hydrogens is 292 g/mol. The van der Waals surface area contributed by atoms with E-state index in [1.54, 1.807) is 0 Å². The molecule has 1 heterocycles. The van der Waals surface area contributed by atoms with Crippen LogP contribution in [0.1, 0.15) is 26.3 Å². The molecule has 0 aliphatic carbocycles. The van der Waals surface area contributed by atoms with E-state index in [0.717, 1.165) is 6.07 Å². The van der Waals surface area contributed by atoms with Crippen LogP contribution in [-0.2, 0) is 6.42 Å². The highest BCUT2D eigenvalue weighted by molar-refractivity contribution is 6.08. The minimum absolute atomic E-state index is 0.0185. The van der Waals surface area contributed by atoms with Gasteiger partial charge in [0.1, 0.15) is 11.6 Å². The molecule has 0 fully saturated rings. The van der Waals surface area contributed by atoms with E-state index in [1.165, 1.54) is 35.2 Å². The van der Waals surface area contributed by atoms with Gasteiger partial charge in [0, 0.05) is 12.1 Å². The molecule has 0 spiro atoms. The zero-order valence-electron chi connectivity index (χ0n) is 11.3. The number of carbonyl (C=O) groups excluding carboxylic acids is 1. The van der Waals surface area contributed by atoms with Crippen molar-refractivity contribution < 1.29 is 23.5 Å². The Morgan fingerprint density at radius 3 is 2.59 bits per heavy atom. The van der Waals surface area contributed by atoms with Gasteiger partial charge in [0.25, 0.3) is 5.91 Å². The quantitative estimate of drug-likeness (QED) is 0.928. The Hall–Kier alpha value is -2.76. The molecule has 0 saturated carbocycles. The SMILES string of the molecule is O=C(O)c1ccc(N2CCc3cc(F)ccc3C2=O)c(F)c1. The Labute approximate surface area is 124 Å². The minimum atomic E-state index is -1.24. The maximum atomic E-state index is 14.1. The lowest BCUT2D eigenvalue weighted by Gasteiger charge is -2.29. The normalized spacial score (nSPS) is 13.9. The number of benzene rings is 2. The predicted molar refractivity (Wildman–Crippen MR) is 75.1 cm³/mol. The number of rotatable bonds is 2. The second-order valence-corrected chi connectivity index (χ2v) is 4.98. The lowest BCUT2D eigenvalue weighted by molar-refractivity contribution is 0.0696. The molecule has 0 aromatic heterocycles. The van der Waals surface area contributed by atoms with E-state index in [0.29, 0.717) is 17.5 Å². The van der Waals surface area contributed by atoms with E-state index >= 15 is 0 Å². The first-order valence-electron chi connectivity index (χ1n) is 6.60. The molecule has 112 valence electrons. The fourth-order valence-electron chi connectivity index (χ4n) is 2.55. The molecule has 4 nitrogen and oxygen atoms in total. The van der Waals surface area contributed by atoms with Gasteiger partial charge in [-0.1, -0.05) is 0 Å². The number of hydrogen-bond donors (Lipinski definition) is 1. The van der Waals surface area contributed by atoms with Crippen molar-refractivity contribution in [2.75, 3.05) is 11.4 Å². The second-order valence-electron chi connectivity index (χ2n) is 4.98. The number of carboxylic acid groups (broad SMARTS) is 1. The number of halogens is 2. The second kappa shape index (κ2) is 5.22. The Morgan fingerprint density at radius 1 is 1.14 bits per heavy atom. The van der Waals surface area contributed by atoms with Crippen molar-refractivity contribution in [3.8, 4) is 0 Å². The monoisotopic (exact) mass is 303 g/mol. The lowest BCUT2D eigenvalue weighted by atomic mass is 9.98. The largest absolute Gasteiger partial charge is 0.478 e. The fourth-order valence-corrected chi connectivity index (χ4v) is 2.55. The van der Waals surface area contributed by atoms with Gasteiger partial charge in [-0.05, 0) is 48.4 Å². The highest BCUT2D eigenvalue weighted by Crippen LogP contribution is 2.27. The van der Waals surface area contributed by atoms with Gasteiger partial charge in [0.15, 0.2) is 0 Å².